The van der Waals surface area contributed by atoms with E-state index in [1.807, 2.05) is 6.92 Å². The molecule has 0 bridgehead atoms. The Morgan fingerprint density at radius 1 is 1.18 bits per heavy atom. The fraction of sp³-hybridized carbons (Fsp3) is 0.571. The Kier molecular flexibility index (Phi) is 5.03. The predicted octanol–water partition coefficient (Wildman–Crippen LogP) is 5.39. The van der Waals surface area contributed by atoms with Crippen molar-refractivity contribution >= 4 is 0 Å². The summed E-state index contributed by atoms with van der Waals surface area (Å²) < 4.78 is 37.8. The normalized spacial score (nSPS) is 13.7. The highest BCUT2D eigenvalue weighted by Crippen LogP contribution is 2.33. The van der Waals surface area contributed by atoms with Gasteiger partial charge in [-0.2, -0.15) is 13.2 Å². The molecule has 0 aliphatic rings. The molecule has 0 aliphatic heterocycles. The molecule has 0 radical (unpaired) electrons. The van der Waals surface area contributed by atoms with Crippen LogP contribution in [0.2, 0.25) is 0 Å². The minimum Gasteiger partial charge on any atom is -0.166 e. The summed E-state index contributed by atoms with van der Waals surface area (Å²) in [5.41, 5.74) is 0.278. The third-order valence-corrected chi connectivity index (χ3v) is 3.08. The number of halogens is 3. The molecule has 1 aromatic carbocycles. The summed E-state index contributed by atoms with van der Waals surface area (Å²) in [4.78, 5) is 0. The molecule has 17 heavy (non-hydrogen) atoms. The first-order valence-electron chi connectivity index (χ1n) is 6.16. The number of unbranched alkanes of at least 4 members (excludes halogenated alkanes) is 1. The monoisotopic (exact) mass is 244 g/mol. The van der Waals surface area contributed by atoms with Gasteiger partial charge in [0.1, 0.15) is 0 Å². The van der Waals surface area contributed by atoms with E-state index in [9.17, 15) is 13.2 Å². The molecule has 96 valence electrons. The van der Waals surface area contributed by atoms with Crippen LogP contribution in [-0.2, 0) is 6.18 Å². The average Bonchev–Trinajstić information content (AvgIpc) is 2.29. The number of hydrogen-bond donors (Lipinski definition) is 0. The molecular weight excluding hydrogens is 225 g/mol. The number of hydrogen-bond acceptors (Lipinski definition) is 0. The summed E-state index contributed by atoms with van der Waals surface area (Å²) in [6, 6.07) is 5.74. The Labute approximate surface area is 101 Å². The van der Waals surface area contributed by atoms with Crippen LogP contribution in [0, 0.1) is 0 Å². The second kappa shape index (κ2) is 6.08. The zero-order valence-corrected chi connectivity index (χ0v) is 10.3. The minimum absolute atomic E-state index is 0.247. The van der Waals surface area contributed by atoms with Crippen LogP contribution in [0.5, 0.6) is 0 Å². The quantitative estimate of drug-likeness (QED) is 0.651. The zero-order chi connectivity index (χ0) is 12.9. The molecule has 1 unspecified atom stereocenters. The fourth-order valence-corrected chi connectivity index (χ4v) is 2.03. The molecule has 1 atom stereocenters. The van der Waals surface area contributed by atoms with Crippen molar-refractivity contribution in [3.8, 4) is 0 Å². The standard InChI is InChI=1S/C14H19F3/c1-3-5-7-11(4-2)12-8-6-9-13(10-12)14(15,16)17/h6,8-11H,3-5,7H2,1-2H3. The topological polar surface area (TPSA) is 0 Å². The Balaban J connectivity index is 2.89. The van der Waals surface area contributed by atoms with Crippen molar-refractivity contribution in [2.45, 2.75) is 51.6 Å². The maximum Gasteiger partial charge on any atom is 0.416 e. The number of alkyl halides is 3. The highest BCUT2D eigenvalue weighted by atomic mass is 19.4. The van der Waals surface area contributed by atoms with E-state index in [-0.39, 0.29) is 5.92 Å². The van der Waals surface area contributed by atoms with E-state index in [0.29, 0.717) is 0 Å². The van der Waals surface area contributed by atoms with Crippen LogP contribution in [0.15, 0.2) is 24.3 Å². The summed E-state index contributed by atoms with van der Waals surface area (Å²) in [6.45, 7) is 4.12. The van der Waals surface area contributed by atoms with Gasteiger partial charge in [0, 0.05) is 0 Å². The average molecular weight is 244 g/mol. The van der Waals surface area contributed by atoms with Crippen LogP contribution in [0.1, 0.15) is 56.6 Å². The van der Waals surface area contributed by atoms with E-state index < -0.39 is 11.7 Å². The SMILES string of the molecule is CCCCC(CC)c1cccc(C(F)(F)F)c1. The highest BCUT2D eigenvalue weighted by Gasteiger charge is 2.30. The van der Waals surface area contributed by atoms with E-state index in [0.717, 1.165) is 37.3 Å². The summed E-state index contributed by atoms with van der Waals surface area (Å²) in [6.07, 6.45) is -0.237. The number of rotatable bonds is 5. The smallest absolute Gasteiger partial charge is 0.166 e. The second-order valence-electron chi connectivity index (χ2n) is 4.37. The summed E-state index contributed by atoms with van der Waals surface area (Å²) >= 11 is 0. The molecule has 0 heterocycles. The van der Waals surface area contributed by atoms with Crippen LogP contribution < -0.4 is 0 Å². The Morgan fingerprint density at radius 2 is 1.88 bits per heavy atom. The Morgan fingerprint density at radius 3 is 2.41 bits per heavy atom. The van der Waals surface area contributed by atoms with Crippen molar-refractivity contribution in [3.05, 3.63) is 35.4 Å². The molecule has 1 rings (SSSR count). The molecule has 0 saturated carbocycles. The van der Waals surface area contributed by atoms with Gasteiger partial charge in [0.15, 0.2) is 0 Å². The molecule has 0 amide bonds. The van der Waals surface area contributed by atoms with Gasteiger partial charge < -0.3 is 0 Å². The lowest BCUT2D eigenvalue weighted by Gasteiger charge is -2.16. The van der Waals surface area contributed by atoms with Gasteiger partial charge in [-0.05, 0) is 30.4 Å². The maximum atomic E-state index is 12.6. The van der Waals surface area contributed by atoms with E-state index in [1.54, 1.807) is 6.07 Å². The van der Waals surface area contributed by atoms with Crippen LogP contribution in [-0.4, -0.2) is 0 Å². The van der Waals surface area contributed by atoms with Crippen molar-refractivity contribution in [2.75, 3.05) is 0 Å². The fourth-order valence-electron chi connectivity index (χ4n) is 2.03. The zero-order valence-electron chi connectivity index (χ0n) is 10.3. The van der Waals surface area contributed by atoms with Crippen LogP contribution >= 0.6 is 0 Å². The molecule has 0 N–H and O–H groups in total. The summed E-state index contributed by atoms with van der Waals surface area (Å²) in [7, 11) is 0. The number of benzene rings is 1. The van der Waals surface area contributed by atoms with Crippen molar-refractivity contribution in [1.29, 1.82) is 0 Å². The van der Waals surface area contributed by atoms with Gasteiger partial charge in [0.05, 0.1) is 5.56 Å². The molecule has 0 spiro atoms. The third kappa shape index (κ3) is 4.06. The van der Waals surface area contributed by atoms with Gasteiger partial charge in [0.2, 0.25) is 0 Å². The van der Waals surface area contributed by atoms with E-state index in [2.05, 4.69) is 6.92 Å². The largest absolute Gasteiger partial charge is 0.416 e. The van der Waals surface area contributed by atoms with Gasteiger partial charge in [-0.1, -0.05) is 44.9 Å². The van der Waals surface area contributed by atoms with Crippen LogP contribution in [0.3, 0.4) is 0 Å². The molecule has 0 saturated heterocycles. The van der Waals surface area contributed by atoms with Gasteiger partial charge in [-0.15, -0.1) is 0 Å². The highest BCUT2D eigenvalue weighted by molar-refractivity contribution is 5.28. The predicted molar refractivity (Wildman–Crippen MR) is 64.0 cm³/mol. The van der Waals surface area contributed by atoms with Crippen molar-refractivity contribution < 1.29 is 13.2 Å². The first-order chi connectivity index (χ1) is 7.99. The van der Waals surface area contributed by atoms with Crippen molar-refractivity contribution in [2.24, 2.45) is 0 Å². The van der Waals surface area contributed by atoms with E-state index >= 15 is 0 Å². The first-order valence-corrected chi connectivity index (χ1v) is 6.16. The molecule has 0 aromatic heterocycles. The molecular formula is C14H19F3. The molecule has 0 fully saturated rings. The second-order valence-corrected chi connectivity index (χ2v) is 4.37. The molecule has 0 aliphatic carbocycles. The van der Waals surface area contributed by atoms with Gasteiger partial charge >= 0.3 is 6.18 Å². The lowest BCUT2D eigenvalue weighted by Crippen LogP contribution is -2.06. The summed E-state index contributed by atoms with van der Waals surface area (Å²) in [5.74, 6) is 0.247. The lowest BCUT2D eigenvalue weighted by molar-refractivity contribution is -0.137. The van der Waals surface area contributed by atoms with Crippen molar-refractivity contribution in [1.82, 2.24) is 0 Å². The third-order valence-electron chi connectivity index (χ3n) is 3.08. The first kappa shape index (κ1) is 14.1. The van der Waals surface area contributed by atoms with E-state index in [4.69, 9.17) is 0 Å². The lowest BCUT2D eigenvalue weighted by atomic mass is 9.90. The maximum absolute atomic E-state index is 12.6. The molecule has 3 heteroatoms. The molecule has 0 nitrogen and oxygen atoms in total. The van der Waals surface area contributed by atoms with Gasteiger partial charge in [-0.3, -0.25) is 0 Å². The van der Waals surface area contributed by atoms with Gasteiger partial charge in [-0.25, -0.2) is 0 Å². The van der Waals surface area contributed by atoms with Crippen LogP contribution in [0.25, 0.3) is 0 Å². The van der Waals surface area contributed by atoms with Crippen LogP contribution in [0.4, 0.5) is 13.2 Å². The Bertz CT molecular complexity index is 342. The Hall–Kier alpha value is -0.990. The van der Waals surface area contributed by atoms with Crippen molar-refractivity contribution in [3.63, 3.8) is 0 Å². The molecule has 1 aromatic rings. The summed E-state index contributed by atoms with van der Waals surface area (Å²) in [5, 5.41) is 0. The van der Waals surface area contributed by atoms with Gasteiger partial charge in [0.25, 0.3) is 0 Å². The minimum atomic E-state index is -4.24. The van der Waals surface area contributed by atoms with E-state index in [1.165, 1.54) is 12.1 Å².